The van der Waals surface area contributed by atoms with Gasteiger partial charge < -0.3 is 0 Å². The number of pyridine rings is 1. The molecule has 1 aromatic heterocycles. The quantitative estimate of drug-likeness (QED) is 0.782. The number of nitrogens with one attached hydrogen (secondary N) is 1. The summed E-state index contributed by atoms with van der Waals surface area (Å²) >= 11 is 4.83. The molecular weight excluding hydrogens is 390 g/mol. The first kappa shape index (κ1) is 15.3. The predicted molar refractivity (Wildman–Crippen MR) is 96.2 cm³/mol. The van der Waals surface area contributed by atoms with Crippen LogP contribution < -0.4 is 15.9 Å². The summed E-state index contributed by atoms with van der Waals surface area (Å²) in [4.78, 5) is 21.9. The molecule has 0 spiro atoms. The molecule has 1 atom stereocenters. The van der Waals surface area contributed by atoms with E-state index in [-0.39, 0.29) is 5.91 Å². The van der Waals surface area contributed by atoms with E-state index in [0.717, 1.165) is 20.7 Å². The average molecular weight is 402 g/mol. The maximum absolute atomic E-state index is 12.7. The average Bonchev–Trinajstić information content (AvgIpc) is 2.61. The fourth-order valence-corrected chi connectivity index (χ4v) is 3.39. The minimum atomic E-state index is -0.469. The molecule has 24 heavy (non-hydrogen) atoms. The van der Waals surface area contributed by atoms with Crippen LogP contribution in [0.1, 0.15) is 11.9 Å². The topological polar surface area (TPSA) is 70.0 Å². The Morgan fingerprint density at radius 2 is 2.17 bits per heavy atom. The first-order valence-electron chi connectivity index (χ1n) is 7.19. The Labute approximate surface area is 150 Å². The van der Waals surface area contributed by atoms with E-state index in [0.29, 0.717) is 10.9 Å². The number of rotatable bonds is 1. The van der Waals surface area contributed by atoms with Gasteiger partial charge in [0.05, 0.1) is 11.1 Å². The van der Waals surface area contributed by atoms with Crippen molar-refractivity contribution in [3.63, 3.8) is 0 Å². The number of aromatic nitrogens is 1. The number of thioether (sulfide) groups is 1. The summed E-state index contributed by atoms with van der Waals surface area (Å²) in [5.41, 5.74) is 1.22. The third-order valence-corrected chi connectivity index (χ3v) is 4.78. The van der Waals surface area contributed by atoms with Gasteiger partial charge in [-0.15, -0.1) is 5.10 Å². The maximum Gasteiger partial charge on any atom is 0.276 e. The van der Waals surface area contributed by atoms with Crippen LogP contribution in [-0.4, -0.2) is 27.3 Å². The third kappa shape index (κ3) is 2.51. The van der Waals surface area contributed by atoms with Crippen LogP contribution >= 0.6 is 27.7 Å². The van der Waals surface area contributed by atoms with Crippen LogP contribution in [0.4, 0.5) is 0 Å². The van der Waals surface area contributed by atoms with Crippen LogP contribution in [0.5, 0.6) is 0 Å². The molecule has 0 aliphatic carbocycles. The second-order valence-corrected chi connectivity index (χ2v) is 6.89. The molecule has 2 aliphatic rings. The molecule has 0 fully saturated rings. The molecule has 1 aromatic carbocycles. The summed E-state index contributed by atoms with van der Waals surface area (Å²) in [5, 5.41) is 11.1. The Morgan fingerprint density at radius 1 is 1.29 bits per heavy atom. The van der Waals surface area contributed by atoms with Crippen molar-refractivity contribution < 1.29 is 4.79 Å². The molecule has 120 valence electrons. The molecule has 0 saturated carbocycles. The molecule has 1 N–H and O–H groups in total. The first-order chi connectivity index (χ1) is 11.7. The standard InChI is InChI=1S/C16H12BrN5OS/c1-24-16-20-15(23)13-10-8-9(17)5-6-11(10)19-14(22(13)21-16)12-4-2-3-7-18-12/h2-8,14H,1H3,(H,20,21,23)/t14-/m1/s1. The number of hydrogen-bond acceptors (Lipinski definition) is 6. The van der Waals surface area contributed by atoms with Gasteiger partial charge in [-0.1, -0.05) is 33.8 Å². The number of hydrogen-bond donors (Lipinski definition) is 1. The van der Waals surface area contributed by atoms with E-state index in [4.69, 9.17) is 4.99 Å². The van der Waals surface area contributed by atoms with Gasteiger partial charge in [0.25, 0.3) is 5.91 Å². The van der Waals surface area contributed by atoms with Gasteiger partial charge in [0.1, 0.15) is 5.70 Å². The van der Waals surface area contributed by atoms with Crippen LogP contribution in [-0.2, 0) is 4.79 Å². The zero-order valence-corrected chi connectivity index (χ0v) is 15.0. The van der Waals surface area contributed by atoms with E-state index >= 15 is 0 Å². The smallest absolute Gasteiger partial charge is 0.276 e. The molecule has 3 heterocycles. The molecule has 0 saturated heterocycles. The number of nitrogens with zero attached hydrogens (tertiary/aromatic N) is 4. The van der Waals surface area contributed by atoms with Crippen molar-refractivity contribution in [3.05, 3.63) is 63.3 Å². The zero-order chi connectivity index (χ0) is 16.7. The van der Waals surface area contributed by atoms with Crippen LogP contribution in [0.3, 0.4) is 0 Å². The lowest BCUT2D eigenvalue weighted by Gasteiger charge is -2.33. The molecular formula is C16H12BrN5OS. The molecule has 0 bridgehead atoms. The monoisotopic (exact) mass is 401 g/mol. The maximum atomic E-state index is 12.7. The van der Waals surface area contributed by atoms with Gasteiger partial charge >= 0.3 is 0 Å². The molecule has 0 unspecified atom stereocenters. The highest BCUT2D eigenvalue weighted by Gasteiger charge is 2.34. The Hall–Kier alpha value is -2.19. The number of benzene rings is 1. The number of fused-ring (bicyclic) bond motifs is 2. The Morgan fingerprint density at radius 3 is 2.92 bits per heavy atom. The molecule has 0 radical (unpaired) electrons. The summed E-state index contributed by atoms with van der Waals surface area (Å²) in [5.74, 6) is -0.190. The van der Waals surface area contributed by atoms with Crippen molar-refractivity contribution in [2.75, 3.05) is 6.26 Å². The molecule has 6 nitrogen and oxygen atoms in total. The molecule has 8 heteroatoms. The van der Waals surface area contributed by atoms with Gasteiger partial charge in [-0.2, -0.15) is 0 Å². The Kier molecular flexibility index (Phi) is 3.85. The second-order valence-electron chi connectivity index (χ2n) is 5.18. The van der Waals surface area contributed by atoms with E-state index in [1.54, 1.807) is 11.2 Å². The van der Waals surface area contributed by atoms with Crippen molar-refractivity contribution in [1.29, 1.82) is 0 Å². The molecule has 4 rings (SSSR count). The van der Waals surface area contributed by atoms with Gasteiger partial charge in [0, 0.05) is 15.9 Å². The van der Waals surface area contributed by atoms with Crippen LogP contribution in [0.15, 0.2) is 57.2 Å². The normalized spacial score (nSPS) is 19.0. The molecule has 2 aromatic rings. The predicted octanol–water partition coefficient (Wildman–Crippen LogP) is 1.35. The van der Waals surface area contributed by atoms with Crippen molar-refractivity contribution in [2.45, 2.75) is 6.17 Å². The molecule has 2 aliphatic heterocycles. The van der Waals surface area contributed by atoms with Gasteiger partial charge in [-0.3, -0.25) is 20.1 Å². The van der Waals surface area contributed by atoms with E-state index in [2.05, 4.69) is 31.3 Å². The highest BCUT2D eigenvalue weighted by atomic mass is 79.9. The highest BCUT2D eigenvalue weighted by molar-refractivity contribution is 9.10. The number of halogens is 1. The zero-order valence-electron chi connectivity index (χ0n) is 12.6. The lowest BCUT2D eigenvalue weighted by molar-refractivity contribution is -0.116. The Balaban J connectivity index is 2.02. The van der Waals surface area contributed by atoms with Crippen LogP contribution in [0, 0.1) is 0 Å². The van der Waals surface area contributed by atoms with E-state index in [1.165, 1.54) is 11.8 Å². The van der Waals surface area contributed by atoms with Crippen molar-refractivity contribution in [1.82, 2.24) is 15.3 Å². The summed E-state index contributed by atoms with van der Waals surface area (Å²) in [6.07, 6.45) is 3.11. The van der Waals surface area contributed by atoms with Crippen LogP contribution in [0.25, 0.3) is 5.70 Å². The lowest BCUT2D eigenvalue weighted by Crippen LogP contribution is -2.50. The van der Waals surface area contributed by atoms with Crippen molar-refractivity contribution in [3.8, 4) is 0 Å². The summed E-state index contributed by atoms with van der Waals surface area (Å²) in [6.45, 7) is 0. The number of carbonyl (C=O) groups excluding carboxylic acids is 1. The minimum Gasteiger partial charge on any atom is -0.298 e. The molecule has 1 amide bonds. The van der Waals surface area contributed by atoms with E-state index in [1.807, 2.05) is 42.7 Å². The highest BCUT2D eigenvalue weighted by Crippen LogP contribution is 2.29. The van der Waals surface area contributed by atoms with Gasteiger partial charge in [0.15, 0.2) is 11.3 Å². The SMILES string of the molecule is CSC1=NN2C(=c3cc(Br)ccc3=N[C@H]2c2ccccn2)C(=O)N1. The fraction of sp³-hybridized carbons (Fsp3) is 0.125. The van der Waals surface area contributed by atoms with Gasteiger partial charge in [0.2, 0.25) is 0 Å². The lowest BCUT2D eigenvalue weighted by atomic mass is 10.1. The summed E-state index contributed by atoms with van der Waals surface area (Å²) in [6, 6.07) is 11.3. The van der Waals surface area contributed by atoms with Gasteiger partial charge in [-0.05, 0) is 36.6 Å². The number of amides is 1. The van der Waals surface area contributed by atoms with Gasteiger partial charge in [-0.25, -0.2) is 5.01 Å². The van der Waals surface area contributed by atoms with Crippen LogP contribution in [0.2, 0.25) is 0 Å². The van der Waals surface area contributed by atoms with Crippen molar-refractivity contribution >= 4 is 44.5 Å². The largest absolute Gasteiger partial charge is 0.298 e. The summed E-state index contributed by atoms with van der Waals surface area (Å²) in [7, 11) is 0. The Bertz CT molecular complexity index is 976. The number of hydrazone groups is 1. The third-order valence-electron chi connectivity index (χ3n) is 3.72. The number of carbonyl (C=O) groups is 1. The second kappa shape index (κ2) is 6.03. The van der Waals surface area contributed by atoms with Crippen molar-refractivity contribution in [2.24, 2.45) is 10.1 Å². The minimum absolute atomic E-state index is 0.190. The van der Waals surface area contributed by atoms with E-state index < -0.39 is 6.17 Å². The van der Waals surface area contributed by atoms with E-state index in [9.17, 15) is 4.79 Å². The number of amidine groups is 1. The first-order valence-corrected chi connectivity index (χ1v) is 9.21. The fourth-order valence-electron chi connectivity index (χ4n) is 2.66. The summed E-state index contributed by atoms with van der Waals surface area (Å²) < 4.78 is 0.882.